The molecule has 7 aromatic carbocycles. The lowest BCUT2D eigenvalue weighted by Crippen LogP contribution is -2.14. The number of aliphatic carboxylic acids is 1. The van der Waals surface area contributed by atoms with Crippen molar-refractivity contribution < 1.29 is 9.90 Å². The molecule has 0 aliphatic heterocycles. The Morgan fingerprint density at radius 3 is 1.79 bits per heavy atom. The molecule has 0 saturated carbocycles. The van der Waals surface area contributed by atoms with Crippen LogP contribution in [0, 0.1) is 0 Å². The molecular formula is C32H20O2. The summed E-state index contributed by atoms with van der Waals surface area (Å²) in [5.41, 5.74) is 1.66. The summed E-state index contributed by atoms with van der Waals surface area (Å²) in [6.07, 6.45) is 0. The third-order valence-corrected chi connectivity index (χ3v) is 7.23. The van der Waals surface area contributed by atoms with Gasteiger partial charge in [0.15, 0.2) is 0 Å². The van der Waals surface area contributed by atoms with Crippen molar-refractivity contribution in [2.75, 3.05) is 0 Å². The highest BCUT2D eigenvalue weighted by molar-refractivity contribution is 6.33. The van der Waals surface area contributed by atoms with Crippen LogP contribution in [0.3, 0.4) is 0 Å². The molecule has 1 unspecified atom stereocenters. The molecule has 0 aromatic heterocycles. The van der Waals surface area contributed by atoms with E-state index in [1.165, 1.54) is 21.5 Å². The van der Waals surface area contributed by atoms with Crippen LogP contribution in [0.25, 0.3) is 53.9 Å². The molecule has 1 atom stereocenters. The van der Waals surface area contributed by atoms with E-state index in [4.69, 9.17) is 0 Å². The standard InChI is InChI=1S/C32H20O2/c33-32(34)31(23-13-3-8-19-7-1-2-12-22(19)23)27-18-17-21-11-5-15-25-24-14-4-9-20-10-6-16-26(28(20)24)30(27)29(21)25/h1-18,31H,(H,33,34). The fourth-order valence-corrected chi connectivity index (χ4v) is 5.86. The number of hydrogen-bond acceptors (Lipinski definition) is 1. The number of hydrogen-bond donors (Lipinski definition) is 1. The highest BCUT2D eigenvalue weighted by Gasteiger charge is 2.28. The largest absolute Gasteiger partial charge is 0.481 e. The Balaban J connectivity index is 1.70. The third-order valence-electron chi connectivity index (χ3n) is 7.23. The van der Waals surface area contributed by atoms with E-state index in [-0.39, 0.29) is 0 Å². The molecule has 1 N–H and O–H groups in total. The molecular weight excluding hydrogens is 416 g/mol. The summed E-state index contributed by atoms with van der Waals surface area (Å²) in [5.74, 6) is -1.62. The van der Waals surface area contributed by atoms with Crippen molar-refractivity contribution in [2.45, 2.75) is 5.92 Å². The van der Waals surface area contributed by atoms with E-state index in [2.05, 4.69) is 60.7 Å². The van der Waals surface area contributed by atoms with Crippen LogP contribution in [0.5, 0.6) is 0 Å². The maximum Gasteiger partial charge on any atom is 0.315 e. The monoisotopic (exact) mass is 436 g/mol. The summed E-state index contributed by atoms with van der Waals surface area (Å²) in [6, 6.07) is 37.2. The molecule has 7 rings (SSSR count). The Morgan fingerprint density at radius 2 is 1.03 bits per heavy atom. The molecule has 0 radical (unpaired) electrons. The Bertz CT molecular complexity index is 1890. The molecule has 34 heavy (non-hydrogen) atoms. The van der Waals surface area contributed by atoms with Crippen molar-refractivity contribution in [1.82, 2.24) is 0 Å². The smallest absolute Gasteiger partial charge is 0.315 e. The normalized spacial score (nSPS) is 12.8. The molecule has 0 bridgehead atoms. The summed E-state index contributed by atoms with van der Waals surface area (Å²) in [4.78, 5) is 12.9. The van der Waals surface area contributed by atoms with Gasteiger partial charge in [0, 0.05) is 0 Å². The van der Waals surface area contributed by atoms with Gasteiger partial charge in [-0.25, -0.2) is 0 Å². The number of benzene rings is 7. The lowest BCUT2D eigenvalue weighted by atomic mass is 9.81. The number of rotatable bonds is 3. The summed E-state index contributed by atoms with van der Waals surface area (Å²) < 4.78 is 0. The van der Waals surface area contributed by atoms with Gasteiger partial charge in [0.1, 0.15) is 5.92 Å². The highest BCUT2D eigenvalue weighted by atomic mass is 16.4. The lowest BCUT2D eigenvalue weighted by molar-refractivity contribution is -0.137. The first-order valence-electron chi connectivity index (χ1n) is 11.5. The second-order valence-electron chi connectivity index (χ2n) is 8.98. The first kappa shape index (κ1) is 19.1. The van der Waals surface area contributed by atoms with E-state index >= 15 is 0 Å². The van der Waals surface area contributed by atoms with Crippen molar-refractivity contribution in [3.63, 3.8) is 0 Å². The van der Waals surface area contributed by atoms with Gasteiger partial charge in [-0.3, -0.25) is 4.79 Å². The Kier molecular flexibility index (Phi) is 3.95. The Hall–Kier alpha value is -4.43. The summed E-state index contributed by atoms with van der Waals surface area (Å²) in [6.45, 7) is 0. The van der Waals surface area contributed by atoms with Gasteiger partial charge in [-0.1, -0.05) is 109 Å². The van der Waals surface area contributed by atoms with Gasteiger partial charge >= 0.3 is 5.97 Å². The molecule has 160 valence electrons. The Labute approximate surface area is 196 Å². The van der Waals surface area contributed by atoms with Crippen LogP contribution in [0.15, 0.2) is 109 Å². The number of carbonyl (C=O) groups is 1. The van der Waals surface area contributed by atoms with Gasteiger partial charge < -0.3 is 5.11 Å². The van der Waals surface area contributed by atoms with E-state index in [9.17, 15) is 9.90 Å². The van der Waals surface area contributed by atoms with Gasteiger partial charge in [-0.2, -0.15) is 0 Å². The number of fused-ring (bicyclic) bond motifs is 3. The third kappa shape index (κ3) is 2.54. The zero-order valence-corrected chi connectivity index (χ0v) is 18.3. The summed E-state index contributed by atoms with van der Waals surface area (Å²) in [5, 5.41) is 21.8. The van der Waals surface area contributed by atoms with Crippen molar-refractivity contribution >= 4 is 59.8 Å². The fourth-order valence-electron chi connectivity index (χ4n) is 5.86. The van der Waals surface area contributed by atoms with Crippen molar-refractivity contribution in [3.05, 3.63) is 120 Å². The predicted molar refractivity (Wildman–Crippen MR) is 141 cm³/mol. The summed E-state index contributed by atoms with van der Waals surface area (Å²) in [7, 11) is 0. The van der Waals surface area contributed by atoms with Crippen LogP contribution in [-0.4, -0.2) is 11.1 Å². The van der Waals surface area contributed by atoms with Crippen LogP contribution < -0.4 is 0 Å². The van der Waals surface area contributed by atoms with E-state index in [0.717, 1.165) is 43.4 Å². The second kappa shape index (κ2) is 7.03. The topological polar surface area (TPSA) is 37.3 Å². The zero-order valence-electron chi connectivity index (χ0n) is 18.3. The van der Waals surface area contributed by atoms with E-state index in [1.807, 2.05) is 48.5 Å². The maximum atomic E-state index is 12.9. The molecule has 0 saturated heterocycles. The molecule has 0 aliphatic rings. The molecule has 0 aliphatic carbocycles. The Morgan fingerprint density at radius 1 is 0.471 bits per heavy atom. The van der Waals surface area contributed by atoms with E-state index < -0.39 is 11.9 Å². The van der Waals surface area contributed by atoms with Gasteiger partial charge in [0.25, 0.3) is 0 Å². The minimum absolute atomic E-state index is 0.779. The van der Waals surface area contributed by atoms with Crippen LogP contribution >= 0.6 is 0 Å². The maximum absolute atomic E-state index is 12.9. The zero-order chi connectivity index (χ0) is 22.8. The van der Waals surface area contributed by atoms with Gasteiger partial charge in [0.05, 0.1) is 0 Å². The fraction of sp³-hybridized carbons (Fsp3) is 0.0312. The number of carboxylic acids is 1. The van der Waals surface area contributed by atoms with Gasteiger partial charge in [-0.05, 0) is 65.0 Å². The predicted octanol–water partition coefficient (Wildman–Crippen LogP) is 8.11. The average molecular weight is 437 g/mol. The quantitative estimate of drug-likeness (QED) is 0.224. The van der Waals surface area contributed by atoms with Crippen molar-refractivity contribution in [3.8, 4) is 0 Å². The minimum atomic E-state index is -0.838. The first-order chi connectivity index (χ1) is 16.7. The highest BCUT2D eigenvalue weighted by Crippen LogP contribution is 2.44. The lowest BCUT2D eigenvalue weighted by Gasteiger charge is -2.22. The van der Waals surface area contributed by atoms with Crippen molar-refractivity contribution in [2.24, 2.45) is 0 Å². The van der Waals surface area contributed by atoms with Crippen molar-refractivity contribution in [1.29, 1.82) is 0 Å². The average Bonchev–Trinajstić information content (AvgIpc) is 2.87. The SMILES string of the molecule is O=C(O)C(c1cccc2ccccc12)c1ccc2cccc3c4cccc5cccc(c1c23)c54. The molecule has 2 heteroatoms. The molecule has 0 heterocycles. The number of carboxylic acid groups (broad SMARTS) is 1. The van der Waals surface area contributed by atoms with Crippen LogP contribution in [-0.2, 0) is 4.79 Å². The first-order valence-corrected chi connectivity index (χ1v) is 11.5. The molecule has 0 amide bonds. The van der Waals surface area contributed by atoms with Gasteiger partial charge in [0.2, 0.25) is 0 Å². The molecule has 0 fully saturated rings. The molecule has 2 nitrogen and oxygen atoms in total. The molecule has 0 spiro atoms. The molecule has 7 aromatic rings. The van der Waals surface area contributed by atoms with Crippen LogP contribution in [0.2, 0.25) is 0 Å². The van der Waals surface area contributed by atoms with E-state index in [0.29, 0.717) is 0 Å². The van der Waals surface area contributed by atoms with Crippen LogP contribution in [0.4, 0.5) is 0 Å². The minimum Gasteiger partial charge on any atom is -0.481 e. The second-order valence-corrected chi connectivity index (χ2v) is 8.98. The summed E-state index contributed by atoms with van der Waals surface area (Å²) >= 11 is 0. The van der Waals surface area contributed by atoms with Gasteiger partial charge in [-0.15, -0.1) is 0 Å². The van der Waals surface area contributed by atoms with E-state index in [1.54, 1.807) is 0 Å². The van der Waals surface area contributed by atoms with Crippen LogP contribution in [0.1, 0.15) is 17.0 Å².